The molecule has 6 nitrogen and oxygen atoms in total. The molecule has 0 saturated carbocycles. The second-order valence-electron chi connectivity index (χ2n) is 4.97. The molecular formula is C17H16Cl2N2O4. The van der Waals surface area contributed by atoms with Gasteiger partial charge in [-0.15, -0.1) is 0 Å². The highest BCUT2D eigenvalue weighted by atomic mass is 35.5. The quantitative estimate of drug-likeness (QED) is 0.766. The van der Waals surface area contributed by atoms with Gasteiger partial charge in [0.05, 0.1) is 5.02 Å². The number of methoxy groups -OCH3 is 1. The van der Waals surface area contributed by atoms with Crippen LogP contribution in [0.5, 0.6) is 5.75 Å². The van der Waals surface area contributed by atoms with E-state index in [2.05, 4.69) is 10.6 Å². The molecule has 2 aromatic rings. The van der Waals surface area contributed by atoms with E-state index in [1.807, 2.05) is 0 Å². The Morgan fingerprint density at radius 1 is 0.920 bits per heavy atom. The van der Waals surface area contributed by atoms with E-state index in [1.54, 1.807) is 36.4 Å². The number of hydrogen-bond donors (Lipinski definition) is 2. The van der Waals surface area contributed by atoms with Crippen LogP contribution in [0.15, 0.2) is 42.5 Å². The Balaban J connectivity index is 1.86. The molecule has 132 valence electrons. The SMILES string of the molecule is COCC(=O)Nc1ccc(NC(=O)COc2cc(Cl)ccc2Cl)cc1. The summed E-state index contributed by atoms with van der Waals surface area (Å²) in [6, 6.07) is 11.4. The number of anilines is 2. The Bertz CT molecular complexity index is 751. The minimum absolute atomic E-state index is 0.0259. The van der Waals surface area contributed by atoms with Gasteiger partial charge in [0.2, 0.25) is 5.91 Å². The van der Waals surface area contributed by atoms with E-state index in [-0.39, 0.29) is 25.0 Å². The van der Waals surface area contributed by atoms with Crippen LogP contribution in [0, 0.1) is 0 Å². The summed E-state index contributed by atoms with van der Waals surface area (Å²) in [5.74, 6) is -0.279. The van der Waals surface area contributed by atoms with E-state index in [4.69, 9.17) is 32.7 Å². The van der Waals surface area contributed by atoms with Crippen LogP contribution in [0.3, 0.4) is 0 Å². The Labute approximate surface area is 155 Å². The maximum atomic E-state index is 11.9. The summed E-state index contributed by atoms with van der Waals surface area (Å²) in [6.07, 6.45) is 0. The average Bonchev–Trinajstić information content (AvgIpc) is 2.58. The monoisotopic (exact) mass is 382 g/mol. The van der Waals surface area contributed by atoms with Crippen molar-refractivity contribution in [3.05, 3.63) is 52.5 Å². The number of nitrogens with one attached hydrogen (secondary N) is 2. The van der Waals surface area contributed by atoms with Crippen LogP contribution in [0.4, 0.5) is 11.4 Å². The zero-order valence-electron chi connectivity index (χ0n) is 13.3. The molecule has 2 amide bonds. The Morgan fingerprint density at radius 2 is 1.48 bits per heavy atom. The first-order chi connectivity index (χ1) is 12.0. The summed E-state index contributed by atoms with van der Waals surface area (Å²) in [5.41, 5.74) is 1.16. The molecule has 2 N–H and O–H groups in total. The van der Waals surface area contributed by atoms with E-state index in [1.165, 1.54) is 13.2 Å². The Kier molecular flexibility index (Phi) is 7.06. The van der Waals surface area contributed by atoms with Gasteiger partial charge >= 0.3 is 0 Å². The predicted molar refractivity (Wildman–Crippen MR) is 97.5 cm³/mol. The van der Waals surface area contributed by atoms with Gasteiger partial charge in [-0.2, -0.15) is 0 Å². The highest BCUT2D eigenvalue weighted by Gasteiger charge is 2.08. The molecule has 8 heteroatoms. The van der Waals surface area contributed by atoms with Crippen LogP contribution in [-0.2, 0) is 14.3 Å². The van der Waals surface area contributed by atoms with Crippen molar-refractivity contribution in [1.82, 2.24) is 0 Å². The standard InChI is InChI=1S/C17H16Cl2N2O4/c1-24-9-16(22)20-12-3-5-13(6-4-12)21-17(23)10-25-15-8-11(18)2-7-14(15)19/h2-8H,9-10H2,1H3,(H,20,22)(H,21,23). The van der Waals surface area contributed by atoms with Crippen LogP contribution < -0.4 is 15.4 Å². The fourth-order valence-corrected chi connectivity index (χ4v) is 2.23. The number of ether oxygens (including phenoxy) is 2. The number of carbonyl (C=O) groups is 2. The van der Waals surface area contributed by atoms with Gasteiger partial charge in [0.25, 0.3) is 5.91 Å². The number of halogens is 2. The summed E-state index contributed by atoms with van der Waals surface area (Å²) in [5, 5.41) is 6.16. The lowest BCUT2D eigenvalue weighted by Crippen LogP contribution is -2.20. The molecule has 2 rings (SSSR count). The third-order valence-electron chi connectivity index (χ3n) is 2.98. The van der Waals surface area contributed by atoms with Crippen molar-refractivity contribution in [2.24, 2.45) is 0 Å². The zero-order valence-corrected chi connectivity index (χ0v) is 14.9. The van der Waals surface area contributed by atoms with Gasteiger partial charge in [-0.25, -0.2) is 0 Å². The van der Waals surface area contributed by atoms with Crippen molar-refractivity contribution in [2.75, 3.05) is 31.0 Å². The molecule has 0 bridgehead atoms. The third kappa shape index (κ3) is 6.26. The van der Waals surface area contributed by atoms with Crippen molar-refractivity contribution in [3.8, 4) is 5.75 Å². The van der Waals surface area contributed by atoms with Crippen LogP contribution in [-0.4, -0.2) is 32.1 Å². The molecule has 0 aliphatic carbocycles. The Hall–Kier alpha value is -2.28. The first kappa shape index (κ1) is 19.1. The van der Waals surface area contributed by atoms with E-state index in [0.717, 1.165) is 0 Å². The van der Waals surface area contributed by atoms with Crippen molar-refractivity contribution in [3.63, 3.8) is 0 Å². The zero-order chi connectivity index (χ0) is 18.2. The second kappa shape index (κ2) is 9.27. The highest BCUT2D eigenvalue weighted by Crippen LogP contribution is 2.27. The highest BCUT2D eigenvalue weighted by molar-refractivity contribution is 6.34. The van der Waals surface area contributed by atoms with E-state index in [0.29, 0.717) is 27.2 Å². The normalized spacial score (nSPS) is 10.2. The fourth-order valence-electron chi connectivity index (χ4n) is 1.89. The molecule has 0 radical (unpaired) electrons. The molecule has 0 unspecified atom stereocenters. The third-order valence-corrected chi connectivity index (χ3v) is 3.53. The van der Waals surface area contributed by atoms with Gasteiger partial charge in [0, 0.05) is 29.6 Å². The Morgan fingerprint density at radius 3 is 2.04 bits per heavy atom. The molecule has 0 aliphatic rings. The van der Waals surface area contributed by atoms with Crippen molar-refractivity contribution >= 4 is 46.4 Å². The lowest BCUT2D eigenvalue weighted by atomic mass is 10.2. The number of carbonyl (C=O) groups excluding carboxylic acids is 2. The summed E-state index contributed by atoms with van der Waals surface area (Å²) in [6.45, 7) is -0.242. The second-order valence-corrected chi connectivity index (χ2v) is 5.81. The minimum atomic E-state index is -0.354. The summed E-state index contributed by atoms with van der Waals surface area (Å²) in [7, 11) is 1.44. The smallest absolute Gasteiger partial charge is 0.262 e. The molecule has 0 aromatic heterocycles. The molecule has 2 aromatic carbocycles. The first-order valence-electron chi connectivity index (χ1n) is 7.24. The van der Waals surface area contributed by atoms with Gasteiger partial charge < -0.3 is 20.1 Å². The van der Waals surface area contributed by atoms with Gasteiger partial charge in [-0.05, 0) is 36.4 Å². The largest absolute Gasteiger partial charge is 0.482 e. The fraction of sp³-hybridized carbons (Fsp3) is 0.176. The molecule has 0 spiro atoms. The van der Waals surface area contributed by atoms with Crippen LogP contribution in [0.1, 0.15) is 0 Å². The van der Waals surface area contributed by atoms with E-state index >= 15 is 0 Å². The van der Waals surface area contributed by atoms with Crippen LogP contribution >= 0.6 is 23.2 Å². The average molecular weight is 383 g/mol. The summed E-state index contributed by atoms with van der Waals surface area (Å²) in [4.78, 5) is 23.3. The summed E-state index contributed by atoms with van der Waals surface area (Å²) < 4.78 is 10.1. The molecular weight excluding hydrogens is 367 g/mol. The maximum absolute atomic E-state index is 11.9. The molecule has 0 heterocycles. The lowest BCUT2D eigenvalue weighted by Gasteiger charge is -2.10. The lowest BCUT2D eigenvalue weighted by molar-refractivity contribution is -0.120. The number of rotatable bonds is 7. The van der Waals surface area contributed by atoms with Crippen molar-refractivity contribution in [2.45, 2.75) is 0 Å². The van der Waals surface area contributed by atoms with Crippen molar-refractivity contribution in [1.29, 1.82) is 0 Å². The number of benzene rings is 2. The summed E-state index contributed by atoms with van der Waals surface area (Å²) >= 11 is 11.8. The molecule has 25 heavy (non-hydrogen) atoms. The van der Waals surface area contributed by atoms with Crippen molar-refractivity contribution < 1.29 is 19.1 Å². The predicted octanol–water partition coefficient (Wildman–Crippen LogP) is 3.60. The maximum Gasteiger partial charge on any atom is 0.262 e. The van der Waals surface area contributed by atoms with E-state index < -0.39 is 0 Å². The van der Waals surface area contributed by atoms with Gasteiger partial charge in [-0.3, -0.25) is 9.59 Å². The van der Waals surface area contributed by atoms with Gasteiger partial charge in [0.1, 0.15) is 12.4 Å². The van der Waals surface area contributed by atoms with Gasteiger partial charge in [0.15, 0.2) is 6.61 Å². The van der Waals surface area contributed by atoms with Gasteiger partial charge in [-0.1, -0.05) is 23.2 Å². The van der Waals surface area contributed by atoms with Crippen LogP contribution in [0.25, 0.3) is 0 Å². The van der Waals surface area contributed by atoms with Crippen LogP contribution in [0.2, 0.25) is 10.0 Å². The number of amides is 2. The molecule has 0 fully saturated rings. The minimum Gasteiger partial charge on any atom is -0.482 e. The molecule has 0 atom stereocenters. The van der Waals surface area contributed by atoms with E-state index in [9.17, 15) is 9.59 Å². The molecule has 0 saturated heterocycles. The topological polar surface area (TPSA) is 76.7 Å². The first-order valence-corrected chi connectivity index (χ1v) is 8.00. The number of hydrogen-bond acceptors (Lipinski definition) is 4. The molecule has 0 aliphatic heterocycles.